The molecule has 0 saturated heterocycles. The number of halogens is 1. The quantitative estimate of drug-likeness (QED) is 0.547. The number of hydrogen-bond acceptors (Lipinski definition) is 0. The Balaban J connectivity index is 4.30. The first-order valence-electron chi connectivity index (χ1n) is 3.93. The van der Waals surface area contributed by atoms with Crippen molar-refractivity contribution < 1.29 is 4.39 Å². The van der Waals surface area contributed by atoms with Crippen molar-refractivity contribution in [3.8, 4) is 0 Å². The first-order chi connectivity index (χ1) is 4.88. The summed E-state index contributed by atoms with van der Waals surface area (Å²) in [5.41, 5.74) is 0.439. The van der Waals surface area contributed by atoms with Gasteiger partial charge in [-0.1, -0.05) is 25.2 Å². The van der Waals surface area contributed by atoms with Gasteiger partial charge in [0.2, 0.25) is 0 Å². The van der Waals surface area contributed by atoms with Gasteiger partial charge in [-0.15, -0.1) is 0 Å². The molecule has 0 nitrogen and oxygen atoms in total. The van der Waals surface area contributed by atoms with Gasteiger partial charge in [0.1, 0.15) is 5.67 Å². The van der Waals surface area contributed by atoms with Gasteiger partial charge in [0, 0.05) is 0 Å². The highest BCUT2D eigenvalue weighted by Crippen LogP contribution is 2.21. The third kappa shape index (κ3) is 3.97. The second-order valence-corrected chi connectivity index (χ2v) is 3.34. The fourth-order valence-electron chi connectivity index (χ4n) is 0.571. The van der Waals surface area contributed by atoms with Crippen molar-refractivity contribution in [3.05, 3.63) is 23.8 Å². The van der Waals surface area contributed by atoms with Crippen LogP contribution >= 0.6 is 0 Å². The molecule has 0 aliphatic rings. The van der Waals surface area contributed by atoms with E-state index in [1.165, 1.54) is 19.4 Å². The lowest BCUT2D eigenvalue weighted by Gasteiger charge is -2.14. The van der Waals surface area contributed by atoms with Gasteiger partial charge in [-0.25, -0.2) is 4.39 Å². The SMILES string of the molecule is C=C(/C=C(/C)CC)C(C)(C)F. The van der Waals surface area contributed by atoms with E-state index in [-0.39, 0.29) is 0 Å². The van der Waals surface area contributed by atoms with Gasteiger partial charge in [0.05, 0.1) is 0 Å². The molecule has 0 saturated carbocycles. The van der Waals surface area contributed by atoms with Crippen molar-refractivity contribution >= 4 is 0 Å². The highest BCUT2D eigenvalue weighted by atomic mass is 19.1. The molecular formula is C10H17F. The van der Waals surface area contributed by atoms with Crippen molar-refractivity contribution in [2.75, 3.05) is 0 Å². The lowest BCUT2D eigenvalue weighted by molar-refractivity contribution is 0.274. The van der Waals surface area contributed by atoms with Crippen molar-refractivity contribution in [2.45, 2.75) is 39.8 Å². The summed E-state index contributed by atoms with van der Waals surface area (Å²) in [7, 11) is 0. The third-order valence-electron chi connectivity index (χ3n) is 1.74. The molecule has 1 heteroatoms. The first-order valence-corrected chi connectivity index (χ1v) is 3.93. The molecule has 0 aliphatic heterocycles. The Labute approximate surface area is 68.8 Å². The molecule has 0 bridgehead atoms. The van der Waals surface area contributed by atoms with Crippen LogP contribution < -0.4 is 0 Å². The molecule has 0 aromatic carbocycles. The summed E-state index contributed by atoms with van der Waals surface area (Å²) < 4.78 is 13.1. The summed E-state index contributed by atoms with van der Waals surface area (Å²) in [6.07, 6.45) is 2.77. The molecule has 11 heavy (non-hydrogen) atoms. The number of rotatable bonds is 3. The van der Waals surface area contributed by atoms with E-state index in [0.29, 0.717) is 5.57 Å². The predicted molar refractivity (Wildman–Crippen MR) is 48.4 cm³/mol. The molecule has 0 aromatic heterocycles. The highest BCUT2D eigenvalue weighted by Gasteiger charge is 2.17. The van der Waals surface area contributed by atoms with E-state index in [0.717, 1.165) is 6.42 Å². The monoisotopic (exact) mass is 156 g/mol. The third-order valence-corrected chi connectivity index (χ3v) is 1.74. The molecule has 0 heterocycles. The average molecular weight is 156 g/mol. The second-order valence-electron chi connectivity index (χ2n) is 3.34. The largest absolute Gasteiger partial charge is 0.239 e. The normalized spacial score (nSPS) is 13.4. The smallest absolute Gasteiger partial charge is 0.129 e. The van der Waals surface area contributed by atoms with Gasteiger partial charge < -0.3 is 0 Å². The Morgan fingerprint density at radius 1 is 1.55 bits per heavy atom. The maximum Gasteiger partial charge on any atom is 0.129 e. The maximum atomic E-state index is 13.1. The van der Waals surface area contributed by atoms with Crippen LogP contribution in [0.2, 0.25) is 0 Å². The van der Waals surface area contributed by atoms with Gasteiger partial charge in [-0.3, -0.25) is 0 Å². The Bertz CT molecular complexity index is 170. The molecule has 0 rings (SSSR count). The van der Waals surface area contributed by atoms with Crippen molar-refractivity contribution in [2.24, 2.45) is 0 Å². The summed E-state index contributed by atoms with van der Waals surface area (Å²) in [5.74, 6) is 0. The van der Waals surface area contributed by atoms with Crippen molar-refractivity contribution in [3.63, 3.8) is 0 Å². The molecule has 0 amide bonds. The predicted octanol–water partition coefficient (Wildman–Crippen LogP) is 3.65. The van der Waals surface area contributed by atoms with Gasteiger partial charge in [-0.2, -0.15) is 0 Å². The van der Waals surface area contributed by atoms with E-state index in [2.05, 4.69) is 6.58 Å². The van der Waals surface area contributed by atoms with Crippen LogP contribution in [0.4, 0.5) is 4.39 Å². The summed E-state index contributed by atoms with van der Waals surface area (Å²) in [6.45, 7) is 10.7. The minimum atomic E-state index is -1.28. The minimum Gasteiger partial charge on any atom is -0.239 e. The lowest BCUT2D eigenvalue weighted by Crippen LogP contribution is -2.13. The molecule has 0 fully saturated rings. The van der Waals surface area contributed by atoms with Crippen LogP contribution in [0, 0.1) is 0 Å². The first kappa shape index (κ1) is 10.4. The van der Waals surface area contributed by atoms with Crippen molar-refractivity contribution in [1.29, 1.82) is 0 Å². The van der Waals surface area contributed by atoms with E-state index in [1.54, 1.807) is 0 Å². The van der Waals surface area contributed by atoms with Crippen LogP contribution in [0.3, 0.4) is 0 Å². The molecular weight excluding hydrogens is 139 g/mol. The van der Waals surface area contributed by atoms with Gasteiger partial charge >= 0.3 is 0 Å². The zero-order valence-corrected chi connectivity index (χ0v) is 7.87. The van der Waals surface area contributed by atoms with Gasteiger partial charge in [0.25, 0.3) is 0 Å². The van der Waals surface area contributed by atoms with Crippen LogP contribution in [0.15, 0.2) is 23.8 Å². The van der Waals surface area contributed by atoms with Crippen LogP contribution in [0.25, 0.3) is 0 Å². The van der Waals surface area contributed by atoms with E-state index in [4.69, 9.17) is 0 Å². The average Bonchev–Trinajstić information content (AvgIpc) is 1.85. The Morgan fingerprint density at radius 3 is 2.27 bits per heavy atom. The molecule has 0 unspecified atom stereocenters. The van der Waals surface area contributed by atoms with Crippen LogP contribution in [0.1, 0.15) is 34.1 Å². The molecule has 0 aliphatic carbocycles. The van der Waals surface area contributed by atoms with Crippen LogP contribution in [0.5, 0.6) is 0 Å². The fourth-order valence-corrected chi connectivity index (χ4v) is 0.571. The number of alkyl halides is 1. The zero-order chi connectivity index (χ0) is 9.07. The Hall–Kier alpha value is -0.590. The van der Waals surface area contributed by atoms with E-state index < -0.39 is 5.67 Å². The molecule has 0 spiro atoms. The second kappa shape index (κ2) is 3.70. The molecule has 0 atom stereocenters. The lowest BCUT2D eigenvalue weighted by atomic mass is 9.99. The van der Waals surface area contributed by atoms with Gasteiger partial charge in [-0.05, 0) is 32.8 Å². The number of hydrogen-bond donors (Lipinski definition) is 0. The maximum absolute atomic E-state index is 13.1. The summed E-state index contributed by atoms with van der Waals surface area (Å²) in [5, 5.41) is 0. The molecule has 0 N–H and O–H groups in total. The van der Waals surface area contributed by atoms with E-state index in [9.17, 15) is 4.39 Å². The van der Waals surface area contributed by atoms with E-state index >= 15 is 0 Å². The van der Waals surface area contributed by atoms with Crippen molar-refractivity contribution in [1.82, 2.24) is 0 Å². The fraction of sp³-hybridized carbons (Fsp3) is 0.600. The van der Waals surface area contributed by atoms with E-state index in [1.807, 2.05) is 19.9 Å². The Morgan fingerprint density at radius 2 is 2.00 bits per heavy atom. The summed E-state index contributed by atoms with van der Waals surface area (Å²) in [4.78, 5) is 0. The summed E-state index contributed by atoms with van der Waals surface area (Å²) >= 11 is 0. The standard InChI is InChI=1S/C10H17F/c1-6-8(2)7-9(3)10(4,5)11/h7H,3,6H2,1-2,4-5H3/b8-7-. The zero-order valence-electron chi connectivity index (χ0n) is 7.87. The summed E-state index contributed by atoms with van der Waals surface area (Å²) in [6, 6.07) is 0. The highest BCUT2D eigenvalue weighted by molar-refractivity contribution is 5.26. The topological polar surface area (TPSA) is 0 Å². The van der Waals surface area contributed by atoms with Gasteiger partial charge in [0.15, 0.2) is 0 Å². The van der Waals surface area contributed by atoms with Crippen LogP contribution in [-0.2, 0) is 0 Å². The Kier molecular flexibility index (Phi) is 3.50. The molecule has 0 radical (unpaired) electrons. The minimum absolute atomic E-state index is 0.553. The number of allylic oxidation sites excluding steroid dienone is 3. The molecule has 0 aromatic rings. The van der Waals surface area contributed by atoms with Crippen LogP contribution in [-0.4, -0.2) is 5.67 Å². The molecule has 64 valence electrons.